The van der Waals surface area contributed by atoms with Crippen LogP contribution in [-0.4, -0.2) is 28.3 Å². The van der Waals surface area contributed by atoms with Crippen molar-refractivity contribution in [3.63, 3.8) is 0 Å². The highest BCUT2D eigenvalue weighted by Crippen LogP contribution is 2.39. The highest BCUT2D eigenvalue weighted by atomic mass is 35.5. The predicted molar refractivity (Wildman–Crippen MR) is 116 cm³/mol. The maximum absolute atomic E-state index is 13.9. The number of benzene rings is 2. The zero-order valence-corrected chi connectivity index (χ0v) is 17.6. The Kier molecular flexibility index (Phi) is 6.79. The van der Waals surface area contributed by atoms with Gasteiger partial charge in [0.1, 0.15) is 11.6 Å². The Morgan fingerprint density at radius 1 is 1.19 bits per heavy atom. The predicted octanol–water partition coefficient (Wildman–Crippen LogP) is 4.50. The number of hydrogen-bond donors (Lipinski definition) is 3. The van der Waals surface area contributed by atoms with Gasteiger partial charge < -0.3 is 16.2 Å². The molecule has 2 aromatic carbocycles. The second-order valence-electron chi connectivity index (χ2n) is 7.01. The van der Waals surface area contributed by atoms with E-state index < -0.39 is 34.1 Å². The third-order valence-electron chi connectivity index (χ3n) is 4.91. The zero-order valence-electron chi connectivity index (χ0n) is 16.0. The summed E-state index contributed by atoms with van der Waals surface area (Å²) in [5.74, 6) is -3.69. The number of aliphatic hydroxyl groups is 1. The summed E-state index contributed by atoms with van der Waals surface area (Å²) >= 11 is 12.9. The van der Waals surface area contributed by atoms with E-state index in [-0.39, 0.29) is 34.9 Å². The molecule has 3 rings (SSSR count). The van der Waals surface area contributed by atoms with Crippen molar-refractivity contribution in [3.05, 3.63) is 82.4 Å². The van der Waals surface area contributed by atoms with Crippen molar-refractivity contribution in [2.24, 2.45) is 11.7 Å². The molecule has 0 saturated heterocycles. The summed E-state index contributed by atoms with van der Waals surface area (Å²) in [6.07, 6.45) is 4.31. The Balaban J connectivity index is 1.91. The fraction of sp³-hybridized carbons (Fsp3) is 0.182. The van der Waals surface area contributed by atoms with Crippen LogP contribution in [0.4, 0.5) is 20.2 Å². The Hall–Kier alpha value is -2.74. The first-order valence-corrected chi connectivity index (χ1v) is 9.96. The first kappa shape index (κ1) is 22.9. The van der Waals surface area contributed by atoms with E-state index in [2.05, 4.69) is 5.32 Å². The summed E-state index contributed by atoms with van der Waals surface area (Å²) in [5, 5.41) is 12.2. The smallest absolute Gasteiger partial charge is 0.248 e. The van der Waals surface area contributed by atoms with Gasteiger partial charge in [-0.1, -0.05) is 29.8 Å². The van der Waals surface area contributed by atoms with Crippen LogP contribution >= 0.6 is 23.2 Å². The van der Waals surface area contributed by atoms with Crippen molar-refractivity contribution >= 4 is 46.3 Å². The number of carbonyl (C=O) groups excluding carboxylic acids is 2. The lowest BCUT2D eigenvalue weighted by Gasteiger charge is -2.32. The van der Waals surface area contributed by atoms with Crippen molar-refractivity contribution in [2.45, 2.75) is 11.3 Å². The Morgan fingerprint density at radius 3 is 2.55 bits per heavy atom. The Bertz CT molecular complexity index is 1100. The summed E-state index contributed by atoms with van der Waals surface area (Å²) in [7, 11) is 0. The van der Waals surface area contributed by atoms with Crippen LogP contribution in [0.25, 0.3) is 0 Å². The fourth-order valence-corrected chi connectivity index (χ4v) is 3.86. The largest absolute Gasteiger partial charge is 0.396 e. The minimum Gasteiger partial charge on any atom is -0.396 e. The molecule has 0 aliphatic heterocycles. The van der Waals surface area contributed by atoms with Crippen LogP contribution < -0.4 is 11.1 Å². The van der Waals surface area contributed by atoms with Gasteiger partial charge in [0.25, 0.3) is 0 Å². The molecule has 1 amide bonds. The summed E-state index contributed by atoms with van der Waals surface area (Å²) in [6, 6.07) is 7.42. The lowest BCUT2D eigenvalue weighted by molar-refractivity contribution is -0.114. The van der Waals surface area contributed by atoms with Gasteiger partial charge >= 0.3 is 0 Å². The van der Waals surface area contributed by atoms with Crippen molar-refractivity contribution in [3.8, 4) is 0 Å². The number of ketones is 1. The lowest BCUT2D eigenvalue weighted by Crippen LogP contribution is -2.38. The van der Waals surface area contributed by atoms with E-state index in [9.17, 15) is 23.5 Å². The van der Waals surface area contributed by atoms with E-state index >= 15 is 0 Å². The van der Waals surface area contributed by atoms with E-state index in [0.29, 0.717) is 5.69 Å². The maximum atomic E-state index is 13.9. The van der Waals surface area contributed by atoms with Gasteiger partial charge in [0.2, 0.25) is 5.91 Å². The third-order valence-corrected chi connectivity index (χ3v) is 5.77. The van der Waals surface area contributed by atoms with Gasteiger partial charge in [-0.05, 0) is 36.8 Å². The van der Waals surface area contributed by atoms with Crippen LogP contribution in [0.5, 0.6) is 0 Å². The van der Waals surface area contributed by atoms with Gasteiger partial charge in [0.15, 0.2) is 5.78 Å². The topological polar surface area (TPSA) is 92.4 Å². The number of amides is 1. The summed E-state index contributed by atoms with van der Waals surface area (Å²) in [5.41, 5.74) is 5.97. The second-order valence-corrected chi connectivity index (χ2v) is 8.12. The molecule has 0 aromatic heterocycles. The molecule has 0 saturated carbocycles. The SMILES string of the molecule is NC(=O)C1=CC(C(=O)c2ccc(Nc3ccc(F)cc3F)cc2Cl)C(Cl)(CCO)C=C1. The maximum Gasteiger partial charge on any atom is 0.248 e. The van der Waals surface area contributed by atoms with Crippen molar-refractivity contribution < 1.29 is 23.5 Å². The van der Waals surface area contributed by atoms with Crippen molar-refractivity contribution in [1.82, 2.24) is 0 Å². The molecule has 2 atom stereocenters. The van der Waals surface area contributed by atoms with Gasteiger partial charge in [0.05, 0.1) is 21.5 Å². The molecule has 0 heterocycles. The molecular formula is C22H18Cl2F2N2O3. The molecule has 0 fully saturated rings. The van der Waals surface area contributed by atoms with Crippen molar-refractivity contribution in [1.29, 1.82) is 0 Å². The molecule has 0 radical (unpaired) electrons. The molecule has 1 aliphatic carbocycles. The Morgan fingerprint density at radius 2 is 1.94 bits per heavy atom. The highest BCUT2D eigenvalue weighted by molar-refractivity contribution is 6.35. The summed E-state index contributed by atoms with van der Waals surface area (Å²) < 4.78 is 26.9. The highest BCUT2D eigenvalue weighted by Gasteiger charge is 2.41. The Labute approximate surface area is 187 Å². The van der Waals surface area contributed by atoms with Gasteiger partial charge in [0, 0.05) is 29.5 Å². The average molecular weight is 467 g/mol. The number of hydrogen-bond acceptors (Lipinski definition) is 4. The van der Waals surface area contributed by atoms with Crippen LogP contribution in [0, 0.1) is 17.6 Å². The number of Topliss-reactive ketones (excluding diaryl/α,β-unsaturated/α-hetero) is 1. The minimum absolute atomic E-state index is 0.0331. The normalized spacial score (nSPS) is 20.3. The summed E-state index contributed by atoms with van der Waals surface area (Å²) in [4.78, 5) is 23.5. The zero-order chi connectivity index (χ0) is 22.8. The van der Waals surface area contributed by atoms with Crippen LogP contribution in [0.15, 0.2) is 60.2 Å². The lowest BCUT2D eigenvalue weighted by atomic mass is 9.78. The summed E-state index contributed by atoms with van der Waals surface area (Å²) in [6.45, 7) is -0.281. The molecule has 2 aromatic rings. The van der Waals surface area contributed by atoms with E-state index in [4.69, 9.17) is 28.9 Å². The first-order valence-electron chi connectivity index (χ1n) is 9.21. The quantitative estimate of drug-likeness (QED) is 0.413. The first-order chi connectivity index (χ1) is 14.6. The number of rotatable bonds is 7. The monoisotopic (exact) mass is 466 g/mol. The number of anilines is 2. The van der Waals surface area contributed by atoms with E-state index in [1.54, 1.807) is 0 Å². The van der Waals surface area contributed by atoms with Crippen LogP contribution in [0.3, 0.4) is 0 Å². The molecule has 162 valence electrons. The minimum atomic E-state index is -1.26. The molecule has 5 nitrogen and oxygen atoms in total. The molecule has 0 bridgehead atoms. The number of nitrogens with two attached hydrogens (primary N) is 1. The number of primary amides is 1. The molecule has 9 heteroatoms. The van der Waals surface area contributed by atoms with E-state index in [0.717, 1.165) is 12.1 Å². The standard InChI is InChI=1S/C22H18Cl2F2N2O3/c23-17-11-14(28-19-4-1-13(25)10-18(19)26)2-3-15(17)20(30)16-9-12(21(27)31)5-6-22(16,24)7-8-29/h1-6,9-11,16,28-29H,7-8H2,(H2,27,31). The average Bonchev–Trinajstić information content (AvgIpc) is 2.70. The fourth-order valence-electron chi connectivity index (χ4n) is 3.28. The molecule has 2 unspecified atom stereocenters. The van der Waals surface area contributed by atoms with Crippen LogP contribution in [0.2, 0.25) is 5.02 Å². The molecule has 1 aliphatic rings. The van der Waals surface area contributed by atoms with E-state index in [1.165, 1.54) is 42.5 Å². The van der Waals surface area contributed by atoms with Crippen LogP contribution in [0.1, 0.15) is 16.8 Å². The number of alkyl halides is 1. The number of aliphatic hydroxyl groups excluding tert-OH is 1. The number of carbonyl (C=O) groups is 2. The van der Waals surface area contributed by atoms with Gasteiger partial charge in [-0.3, -0.25) is 9.59 Å². The third kappa shape index (κ3) is 4.95. The number of allylic oxidation sites excluding steroid dienone is 2. The molecule has 4 N–H and O–H groups in total. The molecule has 0 spiro atoms. The van der Waals surface area contributed by atoms with Crippen molar-refractivity contribution in [2.75, 3.05) is 11.9 Å². The number of halogens is 4. The van der Waals surface area contributed by atoms with Gasteiger partial charge in [-0.15, -0.1) is 11.6 Å². The number of nitrogens with one attached hydrogen (secondary N) is 1. The second kappa shape index (κ2) is 9.18. The van der Waals surface area contributed by atoms with Crippen LogP contribution in [-0.2, 0) is 4.79 Å². The molecule has 31 heavy (non-hydrogen) atoms. The van der Waals surface area contributed by atoms with E-state index in [1.807, 2.05) is 0 Å². The van der Waals surface area contributed by atoms with Gasteiger partial charge in [-0.2, -0.15) is 0 Å². The molecular weight excluding hydrogens is 449 g/mol. The van der Waals surface area contributed by atoms with Gasteiger partial charge in [-0.25, -0.2) is 8.78 Å².